The van der Waals surface area contributed by atoms with E-state index >= 15 is 0 Å². The summed E-state index contributed by atoms with van der Waals surface area (Å²) in [7, 11) is -2.38. The molecule has 0 radical (unpaired) electrons. The maximum absolute atomic E-state index is 12.8. The van der Waals surface area contributed by atoms with Crippen LogP contribution < -0.4 is 19.5 Å². The molecule has 2 N–H and O–H groups in total. The maximum Gasteiger partial charge on any atom is 0.241 e. The van der Waals surface area contributed by atoms with Gasteiger partial charge in [-0.25, -0.2) is 13.4 Å². The summed E-state index contributed by atoms with van der Waals surface area (Å²) in [6.45, 7) is 6.36. The van der Waals surface area contributed by atoms with Crippen LogP contribution in [-0.2, 0) is 21.4 Å². The number of rotatable bonds is 12. The highest BCUT2D eigenvalue weighted by Gasteiger charge is 2.28. The lowest BCUT2D eigenvalue weighted by molar-refractivity contribution is -0.123. The van der Waals surface area contributed by atoms with Crippen molar-refractivity contribution in [2.45, 2.75) is 51.1 Å². The maximum atomic E-state index is 12.8. The van der Waals surface area contributed by atoms with Gasteiger partial charge in [-0.2, -0.15) is 4.72 Å². The second kappa shape index (κ2) is 11.7. The minimum Gasteiger partial charge on any atom is -0.497 e. The van der Waals surface area contributed by atoms with Gasteiger partial charge in [0.25, 0.3) is 0 Å². The quantitative estimate of drug-likeness (QED) is 0.483. The van der Waals surface area contributed by atoms with Gasteiger partial charge in [0.2, 0.25) is 21.8 Å². The van der Waals surface area contributed by atoms with E-state index in [9.17, 15) is 13.2 Å². The molecular formula is C22H31N3O5S. The fourth-order valence-corrected chi connectivity index (χ4v) is 4.12. The van der Waals surface area contributed by atoms with Crippen LogP contribution in [0.5, 0.6) is 11.6 Å². The monoisotopic (exact) mass is 449 g/mol. The summed E-state index contributed by atoms with van der Waals surface area (Å²) in [6, 6.07) is 8.63. The first-order valence-corrected chi connectivity index (χ1v) is 11.8. The average Bonchev–Trinajstić information content (AvgIpc) is 2.76. The predicted octanol–water partition coefficient (Wildman–Crippen LogP) is 2.89. The van der Waals surface area contributed by atoms with Crippen LogP contribution >= 0.6 is 0 Å². The number of amides is 1. The van der Waals surface area contributed by atoms with E-state index in [0.717, 1.165) is 18.4 Å². The third-order valence-electron chi connectivity index (χ3n) is 4.64. The number of carbonyl (C=O) groups excluding carboxylic acids is 1. The van der Waals surface area contributed by atoms with Crippen LogP contribution in [0.3, 0.4) is 0 Å². The van der Waals surface area contributed by atoms with Gasteiger partial charge in [0.1, 0.15) is 11.8 Å². The number of pyridine rings is 1. The van der Waals surface area contributed by atoms with Crippen molar-refractivity contribution in [2.24, 2.45) is 5.92 Å². The minimum absolute atomic E-state index is 0.0608. The van der Waals surface area contributed by atoms with E-state index in [1.54, 1.807) is 38.2 Å². The standard InChI is InChI=1S/C22H31N3O5S/c1-5-6-14-30-22-17(8-7-13-23-22)15-24-21(26)20(16(2)3)25-31(27,28)19-11-9-18(29-4)10-12-19/h7-13,16,20,25H,5-6,14-15H2,1-4H3,(H,24,26)/t20-/m0/s1. The first kappa shape index (κ1) is 24.6. The smallest absolute Gasteiger partial charge is 0.241 e. The van der Waals surface area contributed by atoms with Crippen LogP contribution in [0.1, 0.15) is 39.2 Å². The van der Waals surface area contributed by atoms with E-state index in [2.05, 4.69) is 21.9 Å². The average molecular weight is 450 g/mol. The molecule has 2 aromatic rings. The number of ether oxygens (including phenoxy) is 2. The van der Waals surface area contributed by atoms with Crippen molar-refractivity contribution in [2.75, 3.05) is 13.7 Å². The van der Waals surface area contributed by atoms with Crippen LogP contribution in [-0.4, -0.2) is 39.1 Å². The lowest BCUT2D eigenvalue weighted by Gasteiger charge is -2.22. The Morgan fingerprint density at radius 3 is 2.48 bits per heavy atom. The van der Waals surface area contributed by atoms with Crippen LogP contribution in [0.2, 0.25) is 0 Å². The number of hydrogen-bond donors (Lipinski definition) is 2. The molecule has 8 nitrogen and oxygen atoms in total. The Balaban J connectivity index is 2.07. The number of unbranched alkanes of at least 4 members (excludes halogenated alkanes) is 1. The number of hydrogen-bond acceptors (Lipinski definition) is 6. The topological polar surface area (TPSA) is 107 Å². The second-order valence-electron chi connectivity index (χ2n) is 7.41. The number of nitrogens with one attached hydrogen (secondary N) is 2. The van der Waals surface area contributed by atoms with E-state index in [0.29, 0.717) is 18.2 Å². The second-order valence-corrected chi connectivity index (χ2v) is 9.12. The molecule has 0 aliphatic carbocycles. The molecule has 1 aromatic carbocycles. The minimum atomic E-state index is -3.88. The molecule has 170 valence electrons. The largest absolute Gasteiger partial charge is 0.497 e. The Kier molecular flexibility index (Phi) is 9.26. The molecule has 1 atom stereocenters. The molecule has 2 rings (SSSR count). The first-order chi connectivity index (χ1) is 14.8. The summed E-state index contributed by atoms with van der Waals surface area (Å²) < 4.78 is 38.8. The van der Waals surface area contributed by atoms with Gasteiger partial charge in [-0.3, -0.25) is 4.79 Å². The number of methoxy groups -OCH3 is 1. The molecule has 31 heavy (non-hydrogen) atoms. The Morgan fingerprint density at radius 2 is 1.87 bits per heavy atom. The van der Waals surface area contributed by atoms with Gasteiger partial charge in [0.05, 0.1) is 18.6 Å². The lowest BCUT2D eigenvalue weighted by atomic mass is 10.0. The molecule has 0 aliphatic rings. The Bertz CT molecular complexity index is 946. The fourth-order valence-electron chi connectivity index (χ4n) is 2.78. The van der Waals surface area contributed by atoms with E-state index in [4.69, 9.17) is 9.47 Å². The van der Waals surface area contributed by atoms with E-state index < -0.39 is 22.0 Å². The molecule has 0 saturated heterocycles. The highest BCUT2D eigenvalue weighted by Crippen LogP contribution is 2.18. The summed E-state index contributed by atoms with van der Waals surface area (Å²) in [6.07, 6.45) is 3.54. The normalized spacial score (nSPS) is 12.4. The van der Waals surface area contributed by atoms with E-state index in [1.807, 2.05) is 6.07 Å². The molecule has 1 amide bonds. The van der Waals surface area contributed by atoms with Crippen molar-refractivity contribution >= 4 is 15.9 Å². The predicted molar refractivity (Wildman–Crippen MR) is 118 cm³/mol. The lowest BCUT2D eigenvalue weighted by Crippen LogP contribution is -2.49. The number of carbonyl (C=O) groups is 1. The van der Waals surface area contributed by atoms with Crippen molar-refractivity contribution in [1.82, 2.24) is 15.0 Å². The number of aromatic nitrogens is 1. The van der Waals surface area contributed by atoms with Crippen molar-refractivity contribution in [1.29, 1.82) is 0 Å². The molecule has 1 aromatic heterocycles. The summed E-state index contributed by atoms with van der Waals surface area (Å²) in [5.74, 6) is 0.333. The molecule has 1 heterocycles. The van der Waals surface area contributed by atoms with Crippen molar-refractivity contribution < 1.29 is 22.7 Å². The van der Waals surface area contributed by atoms with Crippen molar-refractivity contribution in [3.8, 4) is 11.6 Å². The zero-order valence-electron chi connectivity index (χ0n) is 18.4. The van der Waals surface area contributed by atoms with Crippen molar-refractivity contribution in [3.63, 3.8) is 0 Å². The number of benzene rings is 1. The van der Waals surface area contributed by atoms with Gasteiger partial charge in [0.15, 0.2) is 0 Å². The fraction of sp³-hybridized carbons (Fsp3) is 0.455. The van der Waals surface area contributed by atoms with Gasteiger partial charge in [0, 0.05) is 18.3 Å². The van der Waals surface area contributed by atoms with Crippen LogP contribution in [0.4, 0.5) is 0 Å². The summed E-state index contributed by atoms with van der Waals surface area (Å²) in [5.41, 5.74) is 0.729. The highest BCUT2D eigenvalue weighted by molar-refractivity contribution is 7.89. The third-order valence-corrected chi connectivity index (χ3v) is 6.10. The molecule has 0 spiro atoms. The van der Waals surface area contributed by atoms with Gasteiger partial charge >= 0.3 is 0 Å². The molecule has 0 fully saturated rings. The van der Waals surface area contributed by atoms with Crippen LogP contribution in [0, 0.1) is 5.92 Å². The van der Waals surface area contributed by atoms with Gasteiger partial charge in [-0.05, 0) is 42.7 Å². The zero-order valence-corrected chi connectivity index (χ0v) is 19.2. The van der Waals surface area contributed by atoms with E-state index in [-0.39, 0.29) is 17.4 Å². The Morgan fingerprint density at radius 1 is 1.16 bits per heavy atom. The molecular weight excluding hydrogens is 418 g/mol. The van der Waals surface area contributed by atoms with Crippen LogP contribution in [0.15, 0.2) is 47.5 Å². The molecule has 0 unspecified atom stereocenters. The zero-order chi connectivity index (χ0) is 22.9. The van der Waals surface area contributed by atoms with Crippen molar-refractivity contribution in [3.05, 3.63) is 48.2 Å². The first-order valence-electron chi connectivity index (χ1n) is 10.3. The third kappa shape index (κ3) is 7.22. The molecule has 0 saturated carbocycles. The summed E-state index contributed by atoms with van der Waals surface area (Å²) in [4.78, 5) is 17.1. The molecule has 0 aliphatic heterocycles. The van der Waals surface area contributed by atoms with Gasteiger partial charge in [-0.1, -0.05) is 33.3 Å². The molecule has 9 heteroatoms. The highest BCUT2D eigenvalue weighted by atomic mass is 32.2. The number of nitrogens with zero attached hydrogens (tertiary/aromatic N) is 1. The van der Waals surface area contributed by atoms with E-state index in [1.165, 1.54) is 19.2 Å². The Labute approximate surface area is 184 Å². The van der Waals surface area contributed by atoms with Crippen LogP contribution in [0.25, 0.3) is 0 Å². The Hall–Kier alpha value is -2.65. The van der Waals surface area contributed by atoms with Gasteiger partial charge in [-0.15, -0.1) is 0 Å². The SMILES string of the molecule is CCCCOc1ncccc1CNC(=O)[C@@H](NS(=O)(=O)c1ccc(OC)cc1)C(C)C. The summed E-state index contributed by atoms with van der Waals surface area (Å²) in [5, 5.41) is 2.80. The number of sulfonamides is 1. The molecule has 0 bridgehead atoms. The summed E-state index contributed by atoms with van der Waals surface area (Å²) >= 11 is 0. The van der Waals surface area contributed by atoms with Gasteiger partial charge < -0.3 is 14.8 Å².